The third kappa shape index (κ3) is 1.60. The van der Waals surface area contributed by atoms with Gasteiger partial charge in [0.1, 0.15) is 6.07 Å². The lowest BCUT2D eigenvalue weighted by Gasteiger charge is -2.22. The number of nitriles is 1. The number of alkyl halides is 2. The normalized spacial score (nSPS) is 18.3. The van der Waals surface area contributed by atoms with Crippen molar-refractivity contribution in [1.29, 1.82) is 5.26 Å². The molecule has 0 aliphatic heterocycles. The van der Waals surface area contributed by atoms with E-state index >= 15 is 0 Å². The number of aryl methyl sites for hydroxylation is 1. The first kappa shape index (κ1) is 10.1. The molecule has 5 heteroatoms. The third-order valence-corrected chi connectivity index (χ3v) is 2.74. The van der Waals surface area contributed by atoms with Crippen LogP contribution >= 0.6 is 0 Å². The Labute approximate surface area is 86.3 Å². The highest BCUT2D eigenvalue weighted by Crippen LogP contribution is 2.34. The minimum atomic E-state index is -2.65. The zero-order valence-corrected chi connectivity index (χ0v) is 8.43. The van der Waals surface area contributed by atoms with Gasteiger partial charge in [-0.1, -0.05) is 0 Å². The number of fused-ring (bicyclic) bond motifs is 1. The van der Waals surface area contributed by atoms with E-state index in [1.54, 1.807) is 0 Å². The van der Waals surface area contributed by atoms with Gasteiger partial charge in [0.15, 0.2) is 5.69 Å². The van der Waals surface area contributed by atoms with E-state index in [-0.39, 0.29) is 19.3 Å². The highest BCUT2D eigenvalue weighted by atomic mass is 19.3. The van der Waals surface area contributed by atoms with Crippen LogP contribution < -0.4 is 0 Å². The van der Waals surface area contributed by atoms with Crippen LogP contribution in [0.15, 0.2) is 0 Å². The van der Waals surface area contributed by atoms with E-state index < -0.39 is 5.92 Å². The minimum absolute atomic E-state index is 0.177. The van der Waals surface area contributed by atoms with Crippen LogP contribution in [0.3, 0.4) is 0 Å². The minimum Gasteiger partial charge on any atom is -0.268 e. The second kappa shape index (κ2) is 3.30. The Balaban J connectivity index is 2.49. The van der Waals surface area contributed by atoms with E-state index in [2.05, 4.69) is 5.10 Å². The van der Waals surface area contributed by atoms with E-state index in [1.807, 2.05) is 13.0 Å². The smallest absolute Gasteiger partial charge is 0.253 e. The lowest BCUT2D eigenvalue weighted by atomic mass is 9.93. The maximum atomic E-state index is 13.2. The van der Waals surface area contributed by atoms with E-state index in [0.29, 0.717) is 23.5 Å². The number of nitrogens with zero attached hydrogens (tertiary/aromatic N) is 3. The van der Waals surface area contributed by atoms with Gasteiger partial charge in [0, 0.05) is 24.2 Å². The van der Waals surface area contributed by atoms with Crippen molar-refractivity contribution >= 4 is 0 Å². The fraction of sp³-hybridized carbons (Fsp3) is 0.600. The molecule has 1 heterocycles. The van der Waals surface area contributed by atoms with Gasteiger partial charge in [0.25, 0.3) is 5.92 Å². The number of halogens is 2. The van der Waals surface area contributed by atoms with Crippen LogP contribution in [-0.4, -0.2) is 15.7 Å². The summed E-state index contributed by atoms with van der Waals surface area (Å²) in [5, 5.41) is 12.8. The Morgan fingerprint density at radius 1 is 1.60 bits per heavy atom. The quantitative estimate of drug-likeness (QED) is 0.711. The van der Waals surface area contributed by atoms with Crippen molar-refractivity contribution in [1.82, 2.24) is 9.78 Å². The van der Waals surface area contributed by atoms with Crippen molar-refractivity contribution in [2.75, 3.05) is 0 Å². The van der Waals surface area contributed by atoms with Crippen molar-refractivity contribution in [3.8, 4) is 6.07 Å². The Morgan fingerprint density at radius 3 is 2.93 bits per heavy atom. The maximum Gasteiger partial charge on any atom is 0.253 e. The Kier molecular flexibility index (Phi) is 2.22. The molecule has 3 nitrogen and oxygen atoms in total. The highest BCUT2D eigenvalue weighted by Gasteiger charge is 2.37. The van der Waals surface area contributed by atoms with E-state index in [9.17, 15) is 8.78 Å². The summed E-state index contributed by atoms with van der Waals surface area (Å²) in [4.78, 5) is 0. The average molecular weight is 211 g/mol. The number of rotatable bonds is 1. The molecule has 1 aromatic rings. The lowest BCUT2D eigenvalue weighted by Crippen LogP contribution is -2.27. The molecule has 0 saturated heterocycles. The molecule has 0 N–H and O–H groups in total. The zero-order chi connectivity index (χ0) is 11.1. The topological polar surface area (TPSA) is 41.6 Å². The lowest BCUT2D eigenvalue weighted by molar-refractivity contribution is -0.0142. The molecule has 0 saturated carbocycles. The van der Waals surface area contributed by atoms with Gasteiger partial charge >= 0.3 is 0 Å². The van der Waals surface area contributed by atoms with Crippen LogP contribution in [0.4, 0.5) is 8.78 Å². The molecule has 0 aromatic carbocycles. The monoisotopic (exact) mass is 211 g/mol. The summed E-state index contributed by atoms with van der Waals surface area (Å²) >= 11 is 0. The molecule has 0 amide bonds. The Bertz CT molecular complexity index is 429. The first-order valence-corrected chi connectivity index (χ1v) is 4.94. The summed E-state index contributed by atoms with van der Waals surface area (Å²) in [6.07, 6.45) is -0.208. The highest BCUT2D eigenvalue weighted by molar-refractivity contribution is 5.37. The SMILES string of the molecule is CCn1nc(C#N)c2c1CC(F)(F)CC2. The van der Waals surface area contributed by atoms with Crippen LogP contribution in [-0.2, 0) is 19.4 Å². The molecule has 2 rings (SSSR count). The van der Waals surface area contributed by atoms with Crippen molar-refractivity contribution in [2.45, 2.75) is 38.7 Å². The first-order valence-electron chi connectivity index (χ1n) is 4.94. The molecule has 80 valence electrons. The zero-order valence-electron chi connectivity index (χ0n) is 8.43. The van der Waals surface area contributed by atoms with Gasteiger partial charge in [-0.25, -0.2) is 8.78 Å². The molecule has 15 heavy (non-hydrogen) atoms. The largest absolute Gasteiger partial charge is 0.268 e. The first-order chi connectivity index (χ1) is 7.07. The van der Waals surface area contributed by atoms with Gasteiger partial charge in [-0.3, -0.25) is 4.68 Å². The summed E-state index contributed by atoms with van der Waals surface area (Å²) in [7, 11) is 0. The van der Waals surface area contributed by atoms with Crippen LogP contribution in [0.5, 0.6) is 0 Å². The molecule has 0 atom stereocenters. The molecule has 1 aliphatic carbocycles. The van der Waals surface area contributed by atoms with E-state index in [0.717, 1.165) is 0 Å². The van der Waals surface area contributed by atoms with Crippen LogP contribution in [0.2, 0.25) is 0 Å². The van der Waals surface area contributed by atoms with Gasteiger partial charge in [0.05, 0.1) is 6.42 Å². The van der Waals surface area contributed by atoms with Gasteiger partial charge < -0.3 is 0 Å². The number of aromatic nitrogens is 2. The Morgan fingerprint density at radius 2 is 2.33 bits per heavy atom. The van der Waals surface area contributed by atoms with Crippen molar-refractivity contribution in [2.24, 2.45) is 0 Å². The van der Waals surface area contributed by atoms with E-state index in [4.69, 9.17) is 5.26 Å². The molecule has 0 fully saturated rings. The predicted molar refractivity (Wildman–Crippen MR) is 49.6 cm³/mol. The van der Waals surface area contributed by atoms with Crippen LogP contribution in [0, 0.1) is 11.3 Å². The molecular formula is C10H11F2N3. The molecule has 0 unspecified atom stereocenters. The second-order valence-corrected chi connectivity index (χ2v) is 3.73. The van der Waals surface area contributed by atoms with E-state index in [1.165, 1.54) is 4.68 Å². The number of hydrogen-bond donors (Lipinski definition) is 0. The second-order valence-electron chi connectivity index (χ2n) is 3.73. The van der Waals surface area contributed by atoms with Crippen molar-refractivity contribution in [3.05, 3.63) is 17.0 Å². The summed E-state index contributed by atoms with van der Waals surface area (Å²) in [6.45, 7) is 2.36. The fourth-order valence-corrected chi connectivity index (χ4v) is 1.99. The molecule has 1 aliphatic rings. The molecule has 1 aromatic heterocycles. The van der Waals surface area contributed by atoms with Gasteiger partial charge in [-0.15, -0.1) is 0 Å². The van der Waals surface area contributed by atoms with Crippen LogP contribution in [0.25, 0.3) is 0 Å². The number of hydrogen-bond acceptors (Lipinski definition) is 2. The standard InChI is InChI=1S/C10H11F2N3/c1-2-15-9-5-10(11,12)4-3-7(9)8(6-13)14-15/h2-5H2,1H3. The Hall–Kier alpha value is -1.44. The third-order valence-electron chi connectivity index (χ3n) is 2.74. The van der Waals surface area contributed by atoms with Crippen molar-refractivity contribution in [3.63, 3.8) is 0 Å². The predicted octanol–water partition coefficient (Wildman–Crippen LogP) is 1.90. The summed E-state index contributed by atoms with van der Waals surface area (Å²) < 4.78 is 27.9. The van der Waals surface area contributed by atoms with Crippen molar-refractivity contribution < 1.29 is 8.78 Å². The molecule has 0 spiro atoms. The molecule has 0 bridgehead atoms. The fourth-order valence-electron chi connectivity index (χ4n) is 1.99. The van der Waals surface area contributed by atoms with Gasteiger partial charge in [0.2, 0.25) is 0 Å². The molecular weight excluding hydrogens is 200 g/mol. The molecule has 0 radical (unpaired) electrons. The summed E-state index contributed by atoms with van der Waals surface area (Å²) in [6, 6.07) is 1.96. The van der Waals surface area contributed by atoms with Crippen LogP contribution in [0.1, 0.15) is 30.3 Å². The summed E-state index contributed by atoms with van der Waals surface area (Å²) in [5.41, 5.74) is 1.55. The van der Waals surface area contributed by atoms with Gasteiger partial charge in [-0.2, -0.15) is 10.4 Å². The summed E-state index contributed by atoms with van der Waals surface area (Å²) in [5.74, 6) is -2.65. The average Bonchev–Trinajstić information content (AvgIpc) is 2.53. The maximum absolute atomic E-state index is 13.2. The van der Waals surface area contributed by atoms with Gasteiger partial charge in [-0.05, 0) is 13.3 Å².